The van der Waals surface area contributed by atoms with E-state index in [0.717, 1.165) is 28.0 Å². The van der Waals surface area contributed by atoms with Crippen LogP contribution >= 0.6 is 0 Å². The second-order valence-corrected chi connectivity index (χ2v) is 5.33. The van der Waals surface area contributed by atoms with Crippen LogP contribution < -0.4 is 10.1 Å². The molecule has 0 aliphatic rings. The third-order valence-electron chi connectivity index (χ3n) is 3.02. The quantitative estimate of drug-likeness (QED) is 0.887. The molecule has 0 atom stereocenters. The number of rotatable bonds is 4. The predicted molar refractivity (Wildman–Crippen MR) is 77.8 cm³/mol. The Morgan fingerprint density at radius 2 is 2.11 bits per heavy atom. The number of aliphatic hydroxyl groups excluding tert-OH is 1. The molecule has 1 aromatic heterocycles. The van der Waals surface area contributed by atoms with E-state index in [1.807, 2.05) is 45.0 Å². The maximum atomic E-state index is 9.39. The van der Waals surface area contributed by atoms with E-state index >= 15 is 0 Å². The van der Waals surface area contributed by atoms with Crippen molar-refractivity contribution in [3.63, 3.8) is 0 Å². The fraction of sp³-hybridized carbons (Fsp3) is 0.400. The summed E-state index contributed by atoms with van der Waals surface area (Å²) in [7, 11) is 1.64. The van der Waals surface area contributed by atoms with Gasteiger partial charge in [-0.1, -0.05) is 12.1 Å². The number of aliphatic hydroxyl groups is 1. The molecule has 0 aliphatic carbocycles. The summed E-state index contributed by atoms with van der Waals surface area (Å²) in [5, 5.41) is 13.7. The fourth-order valence-electron chi connectivity index (χ4n) is 2.02. The van der Waals surface area contributed by atoms with E-state index in [2.05, 4.69) is 10.3 Å². The third kappa shape index (κ3) is 2.79. The molecule has 19 heavy (non-hydrogen) atoms. The number of aryl methyl sites for hydroxylation is 1. The number of para-hydroxylation sites is 1. The zero-order chi connectivity index (χ0) is 14.0. The highest BCUT2D eigenvalue weighted by molar-refractivity contribution is 5.95. The Morgan fingerprint density at radius 3 is 2.74 bits per heavy atom. The van der Waals surface area contributed by atoms with Crippen LogP contribution in [0.15, 0.2) is 24.3 Å². The van der Waals surface area contributed by atoms with Crippen molar-refractivity contribution in [2.45, 2.75) is 26.3 Å². The smallest absolute Gasteiger partial charge is 0.145 e. The molecule has 2 rings (SSSR count). The largest absolute Gasteiger partial charge is 0.494 e. The maximum absolute atomic E-state index is 9.39. The van der Waals surface area contributed by atoms with Crippen molar-refractivity contribution in [3.8, 4) is 5.75 Å². The summed E-state index contributed by atoms with van der Waals surface area (Å²) in [6.45, 7) is 5.91. The molecule has 102 valence electrons. The van der Waals surface area contributed by atoms with Crippen LogP contribution in [0, 0.1) is 6.92 Å². The van der Waals surface area contributed by atoms with Gasteiger partial charge in [-0.15, -0.1) is 0 Å². The van der Waals surface area contributed by atoms with Gasteiger partial charge in [0, 0.05) is 16.8 Å². The first-order valence-electron chi connectivity index (χ1n) is 6.30. The Kier molecular flexibility index (Phi) is 3.62. The normalized spacial score (nSPS) is 11.6. The number of hydrogen-bond acceptors (Lipinski definition) is 4. The van der Waals surface area contributed by atoms with Crippen LogP contribution in [0.25, 0.3) is 10.9 Å². The molecular formula is C15H20N2O2. The summed E-state index contributed by atoms with van der Waals surface area (Å²) in [6.07, 6.45) is 0. The Hall–Kier alpha value is -1.81. The van der Waals surface area contributed by atoms with E-state index in [0.29, 0.717) is 0 Å². The van der Waals surface area contributed by atoms with E-state index in [1.165, 1.54) is 0 Å². The number of methoxy groups -OCH3 is 1. The number of ether oxygens (including phenoxy) is 1. The lowest BCUT2D eigenvalue weighted by atomic mass is 10.0. The maximum Gasteiger partial charge on any atom is 0.145 e. The minimum Gasteiger partial charge on any atom is -0.494 e. The second kappa shape index (κ2) is 5.05. The SMILES string of the molecule is COc1cccc2c(NC(C)(C)CO)cc(C)nc12. The highest BCUT2D eigenvalue weighted by Gasteiger charge is 2.18. The molecule has 0 spiro atoms. The van der Waals surface area contributed by atoms with Gasteiger partial charge in [-0.2, -0.15) is 0 Å². The summed E-state index contributed by atoms with van der Waals surface area (Å²) >= 11 is 0. The van der Waals surface area contributed by atoms with Gasteiger partial charge in [0.25, 0.3) is 0 Å². The van der Waals surface area contributed by atoms with E-state index in [1.54, 1.807) is 7.11 Å². The molecule has 0 bridgehead atoms. The molecule has 4 heteroatoms. The average Bonchev–Trinajstić information content (AvgIpc) is 2.37. The van der Waals surface area contributed by atoms with Crippen molar-refractivity contribution < 1.29 is 9.84 Å². The number of nitrogens with zero attached hydrogens (tertiary/aromatic N) is 1. The second-order valence-electron chi connectivity index (χ2n) is 5.33. The molecule has 0 unspecified atom stereocenters. The molecule has 0 saturated heterocycles. The lowest BCUT2D eigenvalue weighted by Gasteiger charge is -2.26. The Bertz CT molecular complexity index is 594. The van der Waals surface area contributed by atoms with E-state index in [9.17, 15) is 5.11 Å². The van der Waals surface area contributed by atoms with Gasteiger partial charge in [-0.25, -0.2) is 4.98 Å². The monoisotopic (exact) mass is 260 g/mol. The topological polar surface area (TPSA) is 54.4 Å². The third-order valence-corrected chi connectivity index (χ3v) is 3.02. The Morgan fingerprint density at radius 1 is 1.37 bits per heavy atom. The summed E-state index contributed by atoms with van der Waals surface area (Å²) in [5.41, 5.74) is 2.32. The van der Waals surface area contributed by atoms with Gasteiger partial charge < -0.3 is 15.2 Å². The van der Waals surface area contributed by atoms with Crippen LogP contribution in [-0.2, 0) is 0 Å². The summed E-state index contributed by atoms with van der Waals surface area (Å²) < 4.78 is 5.35. The Labute approximate surface area is 113 Å². The molecule has 1 heterocycles. The molecule has 2 N–H and O–H groups in total. The van der Waals surface area contributed by atoms with Gasteiger partial charge in [0.1, 0.15) is 11.3 Å². The molecule has 0 aliphatic heterocycles. The standard InChI is InChI=1S/C15H20N2O2/c1-10-8-12(17-15(2,3)9-18)11-6-5-7-13(19-4)14(11)16-10/h5-8,18H,9H2,1-4H3,(H,16,17). The number of anilines is 1. The lowest BCUT2D eigenvalue weighted by Crippen LogP contribution is -2.35. The number of hydrogen-bond donors (Lipinski definition) is 2. The minimum atomic E-state index is -0.385. The van der Waals surface area contributed by atoms with Crippen LogP contribution in [0.4, 0.5) is 5.69 Å². The predicted octanol–water partition coefficient (Wildman–Crippen LogP) is 2.73. The highest BCUT2D eigenvalue weighted by Crippen LogP contribution is 2.31. The summed E-state index contributed by atoms with van der Waals surface area (Å²) in [6, 6.07) is 7.82. The van der Waals surface area contributed by atoms with Gasteiger partial charge in [0.05, 0.1) is 19.3 Å². The van der Waals surface area contributed by atoms with Crippen LogP contribution in [0.2, 0.25) is 0 Å². The van der Waals surface area contributed by atoms with E-state index in [4.69, 9.17) is 4.74 Å². The zero-order valence-electron chi connectivity index (χ0n) is 11.8. The van der Waals surface area contributed by atoms with Crippen molar-refractivity contribution in [1.82, 2.24) is 4.98 Å². The molecule has 0 radical (unpaired) electrons. The summed E-state index contributed by atoms with van der Waals surface area (Å²) in [4.78, 5) is 4.54. The number of pyridine rings is 1. The molecule has 0 amide bonds. The molecular weight excluding hydrogens is 240 g/mol. The van der Waals surface area contributed by atoms with Crippen molar-refractivity contribution in [2.75, 3.05) is 19.0 Å². The van der Waals surface area contributed by atoms with Gasteiger partial charge in [0.15, 0.2) is 0 Å². The van der Waals surface area contributed by atoms with Gasteiger partial charge in [-0.05, 0) is 32.9 Å². The number of benzene rings is 1. The summed E-state index contributed by atoms with van der Waals surface area (Å²) in [5.74, 6) is 0.756. The van der Waals surface area contributed by atoms with E-state index < -0.39 is 0 Å². The zero-order valence-corrected chi connectivity index (χ0v) is 11.8. The van der Waals surface area contributed by atoms with Gasteiger partial charge in [-0.3, -0.25) is 0 Å². The lowest BCUT2D eigenvalue weighted by molar-refractivity contribution is 0.234. The average molecular weight is 260 g/mol. The first-order valence-corrected chi connectivity index (χ1v) is 6.30. The number of aromatic nitrogens is 1. The highest BCUT2D eigenvalue weighted by atomic mass is 16.5. The van der Waals surface area contributed by atoms with Crippen molar-refractivity contribution in [2.24, 2.45) is 0 Å². The van der Waals surface area contributed by atoms with E-state index in [-0.39, 0.29) is 12.1 Å². The molecule has 4 nitrogen and oxygen atoms in total. The van der Waals surface area contributed by atoms with Crippen LogP contribution in [-0.4, -0.2) is 29.3 Å². The number of nitrogens with one attached hydrogen (secondary N) is 1. The fourth-order valence-corrected chi connectivity index (χ4v) is 2.02. The van der Waals surface area contributed by atoms with Crippen LogP contribution in [0.1, 0.15) is 19.5 Å². The minimum absolute atomic E-state index is 0.0554. The molecule has 0 saturated carbocycles. The molecule has 0 fully saturated rings. The first-order chi connectivity index (χ1) is 8.96. The Balaban J connectivity index is 2.61. The van der Waals surface area contributed by atoms with Crippen molar-refractivity contribution in [3.05, 3.63) is 30.0 Å². The van der Waals surface area contributed by atoms with Crippen molar-refractivity contribution in [1.29, 1.82) is 0 Å². The van der Waals surface area contributed by atoms with Gasteiger partial charge in [0.2, 0.25) is 0 Å². The van der Waals surface area contributed by atoms with Crippen LogP contribution in [0.5, 0.6) is 5.75 Å². The van der Waals surface area contributed by atoms with Crippen LogP contribution in [0.3, 0.4) is 0 Å². The van der Waals surface area contributed by atoms with Crippen molar-refractivity contribution >= 4 is 16.6 Å². The first kappa shape index (κ1) is 13.6. The molecule has 1 aromatic carbocycles. The molecule has 2 aromatic rings. The van der Waals surface area contributed by atoms with Gasteiger partial charge >= 0.3 is 0 Å². The number of fused-ring (bicyclic) bond motifs is 1.